The van der Waals surface area contributed by atoms with Gasteiger partial charge in [-0.25, -0.2) is 9.97 Å². The van der Waals surface area contributed by atoms with Crippen molar-refractivity contribution in [3.05, 3.63) is 30.1 Å². The van der Waals surface area contributed by atoms with Gasteiger partial charge in [-0.15, -0.1) is 12.4 Å². The highest BCUT2D eigenvalue weighted by Crippen LogP contribution is 2.01. The second kappa shape index (κ2) is 6.79. The largest absolute Gasteiger partial charge is 0.369 e. The Balaban J connectivity index is 0.00000180. The third-order valence-electron chi connectivity index (χ3n) is 2.58. The summed E-state index contributed by atoms with van der Waals surface area (Å²) in [6.45, 7) is 0.588. The molecule has 0 aliphatic rings. The molecular formula is C11H17ClN6O. The van der Waals surface area contributed by atoms with Crippen molar-refractivity contribution in [2.24, 2.45) is 7.05 Å². The Bertz CT molecular complexity index is 535. The molecule has 2 rings (SSSR count). The van der Waals surface area contributed by atoms with E-state index in [-0.39, 0.29) is 18.3 Å². The van der Waals surface area contributed by atoms with Crippen molar-refractivity contribution in [1.82, 2.24) is 24.8 Å². The monoisotopic (exact) mass is 284 g/mol. The van der Waals surface area contributed by atoms with Crippen molar-refractivity contribution in [3.8, 4) is 0 Å². The normalized spacial score (nSPS) is 9.95. The van der Waals surface area contributed by atoms with Crippen LogP contribution in [-0.4, -0.2) is 32.0 Å². The van der Waals surface area contributed by atoms with Crippen molar-refractivity contribution in [1.29, 1.82) is 0 Å². The number of rotatable bonds is 5. The van der Waals surface area contributed by atoms with Gasteiger partial charge in [0.1, 0.15) is 0 Å². The zero-order chi connectivity index (χ0) is 13.0. The summed E-state index contributed by atoms with van der Waals surface area (Å²) in [5.41, 5.74) is 6.44. The average Bonchev–Trinajstić information content (AvgIpc) is 2.93. The number of hydrogen-bond acceptors (Lipinski definition) is 4. The zero-order valence-electron chi connectivity index (χ0n) is 10.6. The van der Waals surface area contributed by atoms with Crippen LogP contribution in [0.3, 0.4) is 0 Å². The van der Waals surface area contributed by atoms with Crippen molar-refractivity contribution in [2.75, 3.05) is 12.3 Å². The fourth-order valence-electron chi connectivity index (χ4n) is 1.65. The number of halogens is 1. The number of nitrogens with two attached hydrogens (primary N) is 1. The molecule has 7 nitrogen and oxygen atoms in total. The second-order valence-corrected chi connectivity index (χ2v) is 4.01. The highest BCUT2D eigenvalue weighted by atomic mass is 35.5. The van der Waals surface area contributed by atoms with E-state index < -0.39 is 0 Å². The van der Waals surface area contributed by atoms with Gasteiger partial charge in [0.25, 0.3) is 5.91 Å². The standard InChI is InChI=1S/C11H16N6O.ClH/c1-17-6-5-13-9(17)10(18)14-4-2-3-8-7-15-11(12)16-8;/h5-7H,2-4H2,1H3,(H,14,18)(H3,12,15,16);1H. The molecule has 19 heavy (non-hydrogen) atoms. The summed E-state index contributed by atoms with van der Waals surface area (Å²) in [5.74, 6) is 0.675. The number of aryl methyl sites for hydroxylation is 2. The number of carbonyl (C=O) groups is 1. The lowest BCUT2D eigenvalue weighted by molar-refractivity contribution is 0.0940. The molecule has 0 radical (unpaired) electrons. The first-order valence-corrected chi connectivity index (χ1v) is 5.71. The highest BCUT2D eigenvalue weighted by molar-refractivity contribution is 5.90. The molecule has 0 fully saturated rings. The molecule has 4 N–H and O–H groups in total. The number of hydrogen-bond donors (Lipinski definition) is 3. The quantitative estimate of drug-likeness (QED) is 0.696. The first kappa shape index (κ1) is 15.0. The molecule has 0 spiro atoms. The maximum Gasteiger partial charge on any atom is 0.287 e. The summed E-state index contributed by atoms with van der Waals surface area (Å²) in [6.07, 6.45) is 6.66. The van der Waals surface area contributed by atoms with E-state index in [0.717, 1.165) is 18.5 Å². The lowest BCUT2D eigenvalue weighted by Crippen LogP contribution is -2.27. The lowest BCUT2D eigenvalue weighted by atomic mass is 10.2. The number of anilines is 1. The van der Waals surface area contributed by atoms with Crippen LogP contribution < -0.4 is 11.1 Å². The van der Waals surface area contributed by atoms with Crippen LogP contribution in [0.2, 0.25) is 0 Å². The van der Waals surface area contributed by atoms with Crippen molar-refractivity contribution in [2.45, 2.75) is 12.8 Å². The molecule has 104 valence electrons. The van der Waals surface area contributed by atoms with Gasteiger partial charge in [0.05, 0.1) is 6.20 Å². The minimum absolute atomic E-state index is 0. The van der Waals surface area contributed by atoms with Crippen LogP contribution in [0.1, 0.15) is 22.7 Å². The van der Waals surface area contributed by atoms with Gasteiger partial charge in [-0.2, -0.15) is 0 Å². The van der Waals surface area contributed by atoms with Crippen molar-refractivity contribution in [3.63, 3.8) is 0 Å². The molecule has 0 bridgehead atoms. The van der Waals surface area contributed by atoms with Crippen molar-refractivity contribution >= 4 is 24.3 Å². The molecule has 0 saturated carbocycles. The van der Waals surface area contributed by atoms with E-state index in [1.165, 1.54) is 0 Å². The Morgan fingerprint density at radius 1 is 1.53 bits per heavy atom. The molecule has 0 atom stereocenters. The Labute approximate surface area is 117 Å². The Hall–Kier alpha value is -2.02. The number of H-pyrrole nitrogens is 1. The van der Waals surface area contributed by atoms with Gasteiger partial charge in [-0.3, -0.25) is 4.79 Å². The Kier molecular flexibility index (Phi) is 5.37. The topological polar surface area (TPSA) is 102 Å². The van der Waals surface area contributed by atoms with Crippen LogP contribution in [0.15, 0.2) is 18.6 Å². The summed E-state index contributed by atoms with van der Waals surface area (Å²) < 4.78 is 1.69. The third kappa shape index (κ3) is 3.99. The SMILES string of the molecule is Cl.Cn1ccnc1C(=O)NCCCc1cnc(N)[nH]1. The molecule has 2 heterocycles. The van der Waals surface area contributed by atoms with Crippen LogP contribution in [-0.2, 0) is 13.5 Å². The highest BCUT2D eigenvalue weighted by Gasteiger charge is 2.09. The second-order valence-electron chi connectivity index (χ2n) is 4.01. The van der Waals surface area contributed by atoms with E-state index in [9.17, 15) is 4.79 Å². The molecule has 2 aromatic heterocycles. The number of aromatic amines is 1. The fourth-order valence-corrected chi connectivity index (χ4v) is 1.65. The number of nitrogens with one attached hydrogen (secondary N) is 2. The molecule has 1 amide bonds. The van der Waals surface area contributed by atoms with Gasteiger partial charge < -0.3 is 20.6 Å². The van der Waals surface area contributed by atoms with Gasteiger partial charge in [0.15, 0.2) is 11.8 Å². The molecule has 0 aliphatic carbocycles. The predicted octanol–water partition coefficient (Wildman–Crippen LogP) is 0.510. The average molecular weight is 285 g/mol. The smallest absolute Gasteiger partial charge is 0.287 e. The number of imidazole rings is 2. The lowest BCUT2D eigenvalue weighted by Gasteiger charge is -2.04. The van der Waals surface area contributed by atoms with Gasteiger partial charge in [-0.1, -0.05) is 0 Å². The van der Waals surface area contributed by atoms with E-state index in [0.29, 0.717) is 18.3 Å². The van der Waals surface area contributed by atoms with Crippen LogP contribution in [0.25, 0.3) is 0 Å². The summed E-state index contributed by atoms with van der Waals surface area (Å²) in [4.78, 5) is 22.5. The maximum absolute atomic E-state index is 11.7. The number of amides is 1. The summed E-state index contributed by atoms with van der Waals surface area (Å²) >= 11 is 0. The molecule has 8 heteroatoms. The van der Waals surface area contributed by atoms with Gasteiger partial charge in [-0.05, 0) is 12.8 Å². The first-order chi connectivity index (χ1) is 8.66. The Morgan fingerprint density at radius 2 is 2.32 bits per heavy atom. The summed E-state index contributed by atoms with van der Waals surface area (Å²) in [5, 5.41) is 2.82. The zero-order valence-corrected chi connectivity index (χ0v) is 11.4. The fraction of sp³-hybridized carbons (Fsp3) is 0.364. The van der Waals surface area contributed by atoms with Gasteiger partial charge in [0, 0.05) is 31.7 Å². The molecule has 0 aliphatic heterocycles. The van der Waals surface area contributed by atoms with E-state index in [1.54, 1.807) is 30.2 Å². The minimum atomic E-state index is -0.161. The van der Waals surface area contributed by atoms with E-state index in [1.807, 2.05) is 0 Å². The number of nitrogen functional groups attached to an aromatic ring is 1. The summed E-state index contributed by atoms with van der Waals surface area (Å²) in [6, 6.07) is 0. The molecular weight excluding hydrogens is 268 g/mol. The van der Waals surface area contributed by atoms with E-state index in [2.05, 4.69) is 20.3 Å². The van der Waals surface area contributed by atoms with Crippen molar-refractivity contribution < 1.29 is 4.79 Å². The Morgan fingerprint density at radius 3 is 2.89 bits per heavy atom. The maximum atomic E-state index is 11.7. The molecule has 0 saturated heterocycles. The molecule has 0 aromatic carbocycles. The summed E-state index contributed by atoms with van der Waals surface area (Å²) in [7, 11) is 1.79. The van der Waals surface area contributed by atoms with Crippen LogP contribution in [0.4, 0.5) is 5.95 Å². The molecule has 2 aromatic rings. The van der Waals surface area contributed by atoms with Crippen LogP contribution in [0, 0.1) is 0 Å². The van der Waals surface area contributed by atoms with Gasteiger partial charge in [0.2, 0.25) is 0 Å². The van der Waals surface area contributed by atoms with E-state index in [4.69, 9.17) is 5.73 Å². The van der Waals surface area contributed by atoms with Crippen LogP contribution >= 0.6 is 12.4 Å². The number of aromatic nitrogens is 4. The van der Waals surface area contributed by atoms with Gasteiger partial charge >= 0.3 is 0 Å². The number of carbonyl (C=O) groups excluding carboxylic acids is 1. The first-order valence-electron chi connectivity index (χ1n) is 5.71. The van der Waals surface area contributed by atoms with Crippen LogP contribution in [0.5, 0.6) is 0 Å². The minimum Gasteiger partial charge on any atom is -0.369 e. The van der Waals surface area contributed by atoms with E-state index >= 15 is 0 Å². The number of nitrogens with zero attached hydrogens (tertiary/aromatic N) is 3. The molecule has 0 unspecified atom stereocenters. The predicted molar refractivity (Wildman–Crippen MR) is 74.1 cm³/mol. The third-order valence-corrected chi connectivity index (χ3v) is 2.58.